The van der Waals surface area contributed by atoms with Crippen molar-refractivity contribution in [3.05, 3.63) is 63.3 Å². The molecule has 2 aromatic carbocycles. The zero-order valence-corrected chi connectivity index (χ0v) is 11.9. The maximum atomic E-state index is 12.6. The van der Waals surface area contributed by atoms with Crippen LogP contribution in [0.5, 0.6) is 0 Å². The fourth-order valence-corrected chi connectivity index (χ4v) is 2.71. The van der Waals surface area contributed by atoms with Crippen LogP contribution in [0.15, 0.2) is 51.7 Å². The zero-order chi connectivity index (χ0) is 14.6. The van der Waals surface area contributed by atoms with Crippen molar-refractivity contribution in [3.8, 4) is 0 Å². The highest BCUT2D eigenvalue weighted by Crippen LogP contribution is 2.23. The number of benzene rings is 2. The van der Waals surface area contributed by atoms with Gasteiger partial charge in [0.25, 0.3) is 0 Å². The molecule has 0 aliphatic rings. The van der Waals surface area contributed by atoms with Gasteiger partial charge in [-0.05, 0) is 43.3 Å². The van der Waals surface area contributed by atoms with E-state index >= 15 is 0 Å². The van der Waals surface area contributed by atoms with E-state index < -0.39 is 0 Å². The largest absolute Gasteiger partial charge is 0.437 e. The van der Waals surface area contributed by atoms with Gasteiger partial charge in [-0.3, -0.25) is 4.79 Å². The highest BCUT2D eigenvalue weighted by Gasteiger charge is 2.10. The summed E-state index contributed by atoms with van der Waals surface area (Å²) in [4.78, 5) is 17.1. The molecule has 0 saturated carbocycles. The van der Waals surface area contributed by atoms with Crippen LogP contribution in [0.1, 0.15) is 5.56 Å². The van der Waals surface area contributed by atoms with Crippen LogP contribution in [0.25, 0.3) is 33.0 Å². The third-order valence-electron chi connectivity index (χ3n) is 3.57. The molecule has 21 heavy (non-hydrogen) atoms. The molecule has 0 unspecified atom stereocenters. The standard InChI is InChI=1S/C17H10ClNO2/c1-9-2-4-14-10(6-9)7-13-16(20)12-8-11(18)3-5-15(12)21-17(13)19-14/h2-8H,1H3. The molecule has 4 aromatic rings. The van der Waals surface area contributed by atoms with Crippen LogP contribution in [-0.4, -0.2) is 4.98 Å². The van der Waals surface area contributed by atoms with Crippen LogP contribution in [0.2, 0.25) is 5.02 Å². The Hall–Kier alpha value is -2.39. The van der Waals surface area contributed by atoms with Crippen molar-refractivity contribution >= 4 is 44.6 Å². The lowest BCUT2D eigenvalue weighted by atomic mass is 10.1. The number of aryl methyl sites for hydroxylation is 1. The van der Waals surface area contributed by atoms with Gasteiger partial charge in [-0.2, -0.15) is 0 Å². The third kappa shape index (κ3) is 1.89. The van der Waals surface area contributed by atoms with E-state index in [1.807, 2.05) is 31.2 Å². The molecule has 4 heteroatoms. The normalized spacial score (nSPS) is 11.5. The van der Waals surface area contributed by atoms with Crippen LogP contribution < -0.4 is 5.43 Å². The first-order valence-corrected chi connectivity index (χ1v) is 6.93. The van der Waals surface area contributed by atoms with Gasteiger partial charge in [-0.25, -0.2) is 4.98 Å². The number of nitrogens with zero attached hydrogens (tertiary/aromatic N) is 1. The molecule has 0 aliphatic heterocycles. The van der Waals surface area contributed by atoms with Crippen molar-refractivity contribution in [2.45, 2.75) is 6.92 Å². The van der Waals surface area contributed by atoms with E-state index in [4.69, 9.17) is 16.0 Å². The van der Waals surface area contributed by atoms with Crippen LogP contribution in [0, 0.1) is 6.92 Å². The first-order valence-electron chi connectivity index (χ1n) is 6.55. The van der Waals surface area contributed by atoms with Gasteiger partial charge in [-0.15, -0.1) is 0 Å². The highest BCUT2D eigenvalue weighted by atomic mass is 35.5. The fourth-order valence-electron chi connectivity index (χ4n) is 2.54. The van der Waals surface area contributed by atoms with E-state index in [1.54, 1.807) is 18.2 Å². The lowest BCUT2D eigenvalue weighted by Gasteiger charge is -2.04. The molecule has 0 radical (unpaired) electrons. The van der Waals surface area contributed by atoms with Gasteiger partial charge in [0.15, 0.2) is 0 Å². The summed E-state index contributed by atoms with van der Waals surface area (Å²) in [5.74, 6) is 0. The summed E-state index contributed by atoms with van der Waals surface area (Å²) in [5.41, 5.74) is 2.67. The number of rotatable bonds is 0. The van der Waals surface area contributed by atoms with E-state index in [1.165, 1.54) is 0 Å². The fraction of sp³-hybridized carbons (Fsp3) is 0.0588. The van der Waals surface area contributed by atoms with Crippen LogP contribution >= 0.6 is 11.6 Å². The molecule has 2 aromatic heterocycles. The van der Waals surface area contributed by atoms with Gasteiger partial charge in [0.2, 0.25) is 11.1 Å². The van der Waals surface area contributed by atoms with Gasteiger partial charge in [0.1, 0.15) is 5.58 Å². The predicted molar refractivity (Wildman–Crippen MR) is 85.0 cm³/mol. The second kappa shape index (κ2) is 4.30. The number of hydrogen-bond donors (Lipinski definition) is 0. The number of hydrogen-bond acceptors (Lipinski definition) is 3. The van der Waals surface area contributed by atoms with Crippen molar-refractivity contribution in [2.75, 3.05) is 0 Å². The summed E-state index contributed by atoms with van der Waals surface area (Å²) in [6.45, 7) is 2.01. The minimum absolute atomic E-state index is 0.107. The van der Waals surface area contributed by atoms with Gasteiger partial charge < -0.3 is 4.42 Å². The molecule has 0 bridgehead atoms. The average molecular weight is 296 g/mol. The van der Waals surface area contributed by atoms with E-state index in [0.29, 0.717) is 27.1 Å². The Morgan fingerprint density at radius 3 is 2.76 bits per heavy atom. The first kappa shape index (κ1) is 12.4. The maximum absolute atomic E-state index is 12.6. The number of pyridine rings is 1. The molecule has 3 nitrogen and oxygen atoms in total. The van der Waals surface area contributed by atoms with Crippen molar-refractivity contribution in [2.24, 2.45) is 0 Å². The quantitative estimate of drug-likeness (QED) is 0.450. The molecule has 2 heterocycles. The zero-order valence-electron chi connectivity index (χ0n) is 11.2. The van der Waals surface area contributed by atoms with Gasteiger partial charge in [-0.1, -0.05) is 23.2 Å². The van der Waals surface area contributed by atoms with E-state index in [9.17, 15) is 4.79 Å². The maximum Gasteiger partial charge on any atom is 0.231 e. The lowest BCUT2D eigenvalue weighted by molar-refractivity contribution is 0.647. The van der Waals surface area contributed by atoms with Gasteiger partial charge >= 0.3 is 0 Å². The van der Waals surface area contributed by atoms with E-state index in [-0.39, 0.29) is 5.43 Å². The topological polar surface area (TPSA) is 43.1 Å². The lowest BCUT2D eigenvalue weighted by Crippen LogP contribution is -2.03. The summed E-state index contributed by atoms with van der Waals surface area (Å²) < 4.78 is 5.75. The van der Waals surface area contributed by atoms with Crippen molar-refractivity contribution in [3.63, 3.8) is 0 Å². The second-order valence-corrected chi connectivity index (χ2v) is 5.55. The molecule has 0 aliphatic carbocycles. The van der Waals surface area contributed by atoms with Crippen molar-refractivity contribution < 1.29 is 4.42 Å². The Morgan fingerprint density at radius 2 is 1.90 bits per heavy atom. The average Bonchev–Trinajstić information content (AvgIpc) is 2.47. The monoisotopic (exact) mass is 295 g/mol. The van der Waals surface area contributed by atoms with Crippen LogP contribution in [0.3, 0.4) is 0 Å². The highest BCUT2D eigenvalue weighted by molar-refractivity contribution is 6.31. The SMILES string of the molecule is Cc1ccc2nc3oc4ccc(Cl)cc4c(=O)c3cc2c1. The summed E-state index contributed by atoms with van der Waals surface area (Å²) >= 11 is 5.96. The molecule has 0 fully saturated rings. The minimum atomic E-state index is -0.107. The van der Waals surface area contributed by atoms with Crippen LogP contribution in [0.4, 0.5) is 0 Å². The molecule has 0 atom stereocenters. The Morgan fingerprint density at radius 1 is 1.05 bits per heavy atom. The molecule has 0 spiro atoms. The number of fused-ring (bicyclic) bond motifs is 3. The van der Waals surface area contributed by atoms with Gasteiger partial charge in [0, 0.05) is 10.4 Å². The molecular weight excluding hydrogens is 286 g/mol. The summed E-state index contributed by atoms with van der Waals surface area (Å²) in [5, 5.41) is 2.39. The first-order chi connectivity index (χ1) is 10.1. The molecule has 0 amide bonds. The van der Waals surface area contributed by atoms with E-state index in [0.717, 1.165) is 16.5 Å². The molecule has 4 rings (SSSR count). The molecule has 0 saturated heterocycles. The van der Waals surface area contributed by atoms with Crippen LogP contribution in [-0.2, 0) is 0 Å². The Labute approximate surface area is 124 Å². The van der Waals surface area contributed by atoms with Crippen molar-refractivity contribution in [1.82, 2.24) is 4.98 Å². The smallest absolute Gasteiger partial charge is 0.231 e. The Balaban J connectivity index is 2.23. The molecular formula is C17H10ClNO2. The number of halogens is 1. The summed E-state index contributed by atoms with van der Waals surface area (Å²) in [7, 11) is 0. The third-order valence-corrected chi connectivity index (χ3v) is 3.81. The summed E-state index contributed by atoms with van der Waals surface area (Å²) in [6.07, 6.45) is 0. The molecule has 102 valence electrons. The summed E-state index contributed by atoms with van der Waals surface area (Å²) in [6, 6.07) is 12.8. The van der Waals surface area contributed by atoms with Gasteiger partial charge in [0.05, 0.1) is 16.3 Å². The predicted octanol–water partition coefficient (Wildman–Crippen LogP) is 4.46. The Kier molecular flexibility index (Phi) is 2.53. The van der Waals surface area contributed by atoms with Crippen molar-refractivity contribution in [1.29, 1.82) is 0 Å². The van der Waals surface area contributed by atoms with E-state index in [2.05, 4.69) is 4.98 Å². The number of aromatic nitrogens is 1. The Bertz CT molecular complexity index is 1080. The molecule has 0 N–H and O–H groups in total. The minimum Gasteiger partial charge on any atom is -0.437 e. The second-order valence-electron chi connectivity index (χ2n) is 5.11.